The number of hydrogen-bond acceptors (Lipinski definition) is 3. The third kappa shape index (κ3) is 3.07. The van der Waals surface area contributed by atoms with E-state index in [0.29, 0.717) is 19.4 Å². The van der Waals surface area contributed by atoms with Crippen molar-refractivity contribution in [3.8, 4) is 0 Å². The molecule has 0 fully saturated rings. The molecule has 1 aromatic heterocycles. The third-order valence-corrected chi connectivity index (χ3v) is 3.62. The molecule has 2 rings (SSSR count). The highest BCUT2D eigenvalue weighted by Gasteiger charge is 2.35. The number of carboxylic acids is 1. The van der Waals surface area contributed by atoms with Gasteiger partial charge >= 0.3 is 5.97 Å². The first kappa shape index (κ1) is 14.3. The Labute approximate surface area is 117 Å². The Morgan fingerprint density at radius 2 is 2.05 bits per heavy atom. The number of allylic oxidation sites excluding steroid dienone is 2. The zero-order valence-electron chi connectivity index (χ0n) is 11.7. The van der Waals surface area contributed by atoms with E-state index in [1.807, 2.05) is 25.4 Å². The standard InChI is InChI=1S/C14H19N3O3/c1-16(8-10-7-15-17(2)9-10)13(18)11-5-3-4-6-12(11)14(19)20/h3-4,7,9,11-12H,5-6,8H2,1-2H3,(H,19,20)/t11-,12-/m1/s1. The van der Waals surface area contributed by atoms with Crippen LogP contribution in [0.25, 0.3) is 0 Å². The Morgan fingerprint density at radius 3 is 2.60 bits per heavy atom. The highest BCUT2D eigenvalue weighted by Crippen LogP contribution is 2.27. The van der Waals surface area contributed by atoms with Crippen LogP contribution in [0, 0.1) is 11.8 Å². The number of aliphatic carboxylic acids is 1. The summed E-state index contributed by atoms with van der Waals surface area (Å²) >= 11 is 0. The highest BCUT2D eigenvalue weighted by molar-refractivity contribution is 5.85. The van der Waals surface area contributed by atoms with E-state index in [-0.39, 0.29) is 5.91 Å². The molecule has 0 aromatic carbocycles. The van der Waals surface area contributed by atoms with Crippen LogP contribution in [0.5, 0.6) is 0 Å². The molecule has 1 N–H and O–H groups in total. The lowest BCUT2D eigenvalue weighted by Gasteiger charge is -2.28. The molecular formula is C14H19N3O3. The van der Waals surface area contributed by atoms with Gasteiger partial charge in [0.1, 0.15) is 0 Å². The Morgan fingerprint density at radius 1 is 1.40 bits per heavy atom. The molecule has 1 aliphatic carbocycles. The molecule has 2 atom stereocenters. The van der Waals surface area contributed by atoms with Gasteiger partial charge in [-0.1, -0.05) is 12.2 Å². The average molecular weight is 277 g/mol. The van der Waals surface area contributed by atoms with Crippen LogP contribution in [-0.4, -0.2) is 38.7 Å². The second-order valence-electron chi connectivity index (χ2n) is 5.21. The molecule has 0 aliphatic heterocycles. The van der Waals surface area contributed by atoms with Crippen molar-refractivity contribution >= 4 is 11.9 Å². The molecule has 1 amide bonds. The highest BCUT2D eigenvalue weighted by atomic mass is 16.4. The van der Waals surface area contributed by atoms with Crippen LogP contribution in [0.3, 0.4) is 0 Å². The number of carboxylic acid groups (broad SMARTS) is 1. The van der Waals surface area contributed by atoms with Crippen molar-refractivity contribution in [3.05, 3.63) is 30.1 Å². The van der Waals surface area contributed by atoms with Gasteiger partial charge in [-0.05, 0) is 12.8 Å². The molecule has 0 saturated carbocycles. The molecule has 1 aliphatic rings. The predicted molar refractivity (Wildman–Crippen MR) is 72.7 cm³/mol. The lowest BCUT2D eigenvalue weighted by Crippen LogP contribution is -2.39. The quantitative estimate of drug-likeness (QED) is 0.835. The van der Waals surface area contributed by atoms with E-state index < -0.39 is 17.8 Å². The number of hydrogen-bond donors (Lipinski definition) is 1. The molecule has 108 valence electrons. The zero-order valence-corrected chi connectivity index (χ0v) is 11.7. The van der Waals surface area contributed by atoms with Gasteiger partial charge in [-0.3, -0.25) is 14.3 Å². The molecule has 0 saturated heterocycles. The van der Waals surface area contributed by atoms with E-state index in [9.17, 15) is 14.7 Å². The Bertz CT molecular complexity index is 536. The molecule has 0 unspecified atom stereocenters. The van der Waals surface area contributed by atoms with Crippen LogP contribution in [-0.2, 0) is 23.2 Å². The summed E-state index contributed by atoms with van der Waals surface area (Å²) in [5.41, 5.74) is 0.932. The average Bonchev–Trinajstić information content (AvgIpc) is 2.83. The van der Waals surface area contributed by atoms with Gasteiger partial charge in [-0.15, -0.1) is 0 Å². The van der Waals surface area contributed by atoms with Crippen molar-refractivity contribution in [2.24, 2.45) is 18.9 Å². The van der Waals surface area contributed by atoms with Gasteiger partial charge < -0.3 is 10.0 Å². The fourth-order valence-corrected chi connectivity index (χ4v) is 2.55. The van der Waals surface area contributed by atoms with E-state index in [1.54, 1.807) is 22.8 Å². The van der Waals surface area contributed by atoms with Crippen LogP contribution in [0.2, 0.25) is 0 Å². The lowest BCUT2D eigenvalue weighted by molar-refractivity contribution is -0.150. The maximum atomic E-state index is 12.4. The van der Waals surface area contributed by atoms with Crippen LogP contribution in [0.4, 0.5) is 0 Å². The van der Waals surface area contributed by atoms with E-state index in [0.717, 1.165) is 5.56 Å². The second kappa shape index (κ2) is 5.90. The Balaban J connectivity index is 2.05. The summed E-state index contributed by atoms with van der Waals surface area (Å²) in [6.07, 6.45) is 8.20. The SMILES string of the molecule is CN(Cc1cnn(C)c1)C(=O)[C@@H]1CC=CC[C@H]1C(=O)O. The Kier molecular flexibility index (Phi) is 4.22. The summed E-state index contributed by atoms with van der Waals surface area (Å²) in [6.45, 7) is 0.444. The minimum absolute atomic E-state index is 0.120. The van der Waals surface area contributed by atoms with Gasteiger partial charge in [0.05, 0.1) is 18.0 Å². The van der Waals surface area contributed by atoms with Crippen molar-refractivity contribution in [2.75, 3.05) is 7.05 Å². The first-order chi connectivity index (χ1) is 9.49. The van der Waals surface area contributed by atoms with Crippen molar-refractivity contribution in [1.29, 1.82) is 0 Å². The van der Waals surface area contributed by atoms with Gasteiger partial charge in [0.15, 0.2) is 0 Å². The fraction of sp³-hybridized carbons (Fsp3) is 0.500. The molecule has 0 spiro atoms. The number of aromatic nitrogens is 2. The maximum Gasteiger partial charge on any atom is 0.307 e. The fourth-order valence-electron chi connectivity index (χ4n) is 2.55. The monoisotopic (exact) mass is 277 g/mol. The molecule has 6 heteroatoms. The number of rotatable bonds is 4. The largest absolute Gasteiger partial charge is 0.481 e. The van der Waals surface area contributed by atoms with E-state index in [2.05, 4.69) is 5.10 Å². The molecule has 6 nitrogen and oxygen atoms in total. The molecule has 1 aromatic rings. The van der Waals surface area contributed by atoms with Gasteiger partial charge in [0.2, 0.25) is 5.91 Å². The Hall–Kier alpha value is -2.11. The zero-order chi connectivity index (χ0) is 14.7. The van der Waals surface area contributed by atoms with Crippen LogP contribution in [0.1, 0.15) is 18.4 Å². The van der Waals surface area contributed by atoms with Crippen molar-refractivity contribution in [1.82, 2.24) is 14.7 Å². The number of carbonyl (C=O) groups is 2. The number of aryl methyl sites for hydroxylation is 1. The van der Waals surface area contributed by atoms with Crippen molar-refractivity contribution < 1.29 is 14.7 Å². The summed E-state index contributed by atoms with van der Waals surface area (Å²) in [4.78, 5) is 25.2. The lowest BCUT2D eigenvalue weighted by atomic mass is 9.82. The molecule has 20 heavy (non-hydrogen) atoms. The smallest absolute Gasteiger partial charge is 0.307 e. The molecule has 1 heterocycles. The van der Waals surface area contributed by atoms with Crippen LogP contribution in [0.15, 0.2) is 24.5 Å². The minimum atomic E-state index is -0.900. The molecule has 0 radical (unpaired) electrons. The minimum Gasteiger partial charge on any atom is -0.481 e. The topological polar surface area (TPSA) is 75.4 Å². The predicted octanol–water partition coefficient (Wildman–Crippen LogP) is 1.05. The summed E-state index contributed by atoms with van der Waals surface area (Å²) in [6, 6.07) is 0. The summed E-state index contributed by atoms with van der Waals surface area (Å²) < 4.78 is 1.68. The molecular weight excluding hydrogens is 258 g/mol. The maximum absolute atomic E-state index is 12.4. The molecule has 0 bridgehead atoms. The van der Waals surface area contributed by atoms with Crippen molar-refractivity contribution in [2.45, 2.75) is 19.4 Å². The second-order valence-corrected chi connectivity index (χ2v) is 5.21. The number of nitrogens with zero attached hydrogens (tertiary/aromatic N) is 3. The van der Waals surface area contributed by atoms with Gasteiger partial charge in [-0.2, -0.15) is 5.10 Å². The van der Waals surface area contributed by atoms with Crippen LogP contribution >= 0.6 is 0 Å². The normalized spacial score (nSPS) is 21.7. The summed E-state index contributed by atoms with van der Waals surface area (Å²) in [7, 11) is 3.52. The van der Waals surface area contributed by atoms with Crippen molar-refractivity contribution in [3.63, 3.8) is 0 Å². The first-order valence-corrected chi connectivity index (χ1v) is 6.59. The van der Waals surface area contributed by atoms with Gasteiger partial charge in [0.25, 0.3) is 0 Å². The summed E-state index contributed by atoms with van der Waals surface area (Å²) in [5, 5.41) is 13.3. The number of amides is 1. The van der Waals surface area contributed by atoms with E-state index >= 15 is 0 Å². The third-order valence-electron chi connectivity index (χ3n) is 3.62. The first-order valence-electron chi connectivity index (χ1n) is 6.59. The van der Waals surface area contributed by atoms with Gasteiger partial charge in [-0.25, -0.2) is 0 Å². The van der Waals surface area contributed by atoms with E-state index in [4.69, 9.17) is 0 Å². The number of carbonyl (C=O) groups excluding carboxylic acids is 1. The van der Waals surface area contributed by atoms with E-state index in [1.165, 1.54) is 0 Å². The summed E-state index contributed by atoms with van der Waals surface area (Å²) in [5.74, 6) is -2.11. The van der Waals surface area contributed by atoms with Gasteiger partial charge in [0, 0.05) is 32.4 Å². The van der Waals surface area contributed by atoms with Crippen LogP contribution < -0.4 is 0 Å².